The van der Waals surface area contributed by atoms with Crippen LogP contribution < -0.4 is 0 Å². The molecule has 0 aromatic heterocycles. The molecule has 28 heavy (non-hydrogen) atoms. The lowest BCUT2D eigenvalue weighted by Crippen LogP contribution is -2.27. The highest BCUT2D eigenvalue weighted by Gasteiger charge is 2.31. The summed E-state index contributed by atoms with van der Waals surface area (Å²) in [6, 6.07) is 32.9. The standard InChI is InChI=1S/C27H28Si/c1-28(2,3)24-19-25(21-13-7-4-8-14-21)27(23-17-11-6-12-18-23)26(20-24)22-15-9-5-10-16-22/h4-19,26H,20H2,1-3H3. The molecule has 0 saturated heterocycles. The van der Waals surface area contributed by atoms with Crippen LogP contribution in [0.1, 0.15) is 29.0 Å². The van der Waals surface area contributed by atoms with Gasteiger partial charge in [0.2, 0.25) is 0 Å². The van der Waals surface area contributed by atoms with E-state index in [0.717, 1.165) is 6.42 Å². The molecule has 1 unspecified atom stereocenters. The van der Waals surface area contributed by atoms with E-state index in [0.29, 0.717) is 5.92 Å². The van der Waals surface area contributed by atoms with Crippen LogP contribution in [0.5, 0.6) is 0 Å². The fourth-order valence-corrected chi connectivity index (χ4v) is 5.54. The average Bonchev–Trinajstić information content (AvgIpc) is 2.74. The largest absolute Gasteiger partial charge is 0.0795 e. The first-order chi connectivity index (χ1) is 13.5. The molecule has 0 bridgehead atoms. The highest BCUT2D eigenvalue weighted by Crippen LogP contribution is 2.47. The molecule has 0 radical (unpaired) electrons. The van der Waals surface area contributed by atoms with Crippen LogP contribution in [0.25, 0.3) is 11.1 Å². The molecular weight excluding hydrogens is 352 g/mol. The van der Waals surface area contributed by atoms with Gasteiger partial charge in [0.25, 0.3) is 0 Å². The van der Waals surface area contributed by atoms with Gasteiger partial charge in [0.05, 0.1) is 8.07 Å². The summed E-state index contributed by atoms with van der Waals surface area (Å²) in [5.74, 6) is 0.394. The summed E-state index contributed by atoms with van der Waals surface area (Å²) < 4.78 is 0. The fraction of sp³-hybridized carbons (Fsp3) is 0.185. The molecule has 1 atom stereocenters. The summed E-state index contributed by atoms with van der Waals surface area (Å²) in [5, 5.41) is 1.65. The molecule has 0 spiro atoms. The third-order valence-electron chi connectivity index (χ3n) is 5.72. The van der Waals surface area contributed by atoms with Crippen molar-refractivity contribution in [2.75, 3.05) is 0 Å². The molecule has 0 heterocycles. The first-order valence-corrected chi connectivity index (χ1v) is 13.6. The van der Waals surface area contributed by atoms with E-state index in [4.69, 9.17) is 0 Å². The number of hydrogen-bond donors (Lipinski definition) is 0. The lowest BCUT2D eigenvalue weighted by molar-refractivity contribution is 0.858. The fourth-order valence-electron chi connectivity index (χ4n) is 4.14. The molecule has 0 saturated carbocycles. The van der Waals surface area contributed by atoms with Gasteiger partial charge in [-0.05, 0) is 34.3 Å². The lowest BCUT2D eigenvalue weighted by atomic mass is 9.77. The Balaban J connectivity index is 2.01. The van der Waals surface area contributed by atoms with Crippen LogP contribution in [0.15, 0.2) is 102 Å². The van der Waals surface area contributed by atoms with E-state index in [1.807, 2.05) is 0 Å². The van der Waals surface area contributed by atoms with E-state index in [1.54, 1.807) is 5.20 Å². The Hall–Kier alpha value is -2.64. The number of benzene rings is 3. The van der Waals surface area contributed by atoms with Gasteiger partial charge in [-0.15, -0.1) is 0 Å². The Labute approximate surface area is 170 Å². The molecule has 4 rings (SSSR count). The molecule has 1 aliphatic carbocycles. The van der Waals surface area contributed by atoms with Crippen molar-refractivity contribution in [2.24, 2.45) is 0 Å². The molecule has 0 N–H and O–H groups in total. The maximum Gasteiger partial charge on any atom is 0.0725 e. The smallest absolute Gasteiger partial charge is 0.0725 e. The minimum atomic E-state index is -1.41. The molecule has 0 aliphatic heterocycles. The zero-order valence-corrected chi connectivity index (χ0v) is 18.0. The van der Waals surface area contributed by atoms with Crippen LogP contribution in [-0.2, 0) is 0 Å². The lowest BCUT2D eigenvalue weighted by Gasteiger charge is -2.34. The van der Waals surface area contributed by atoms with E-state index < -0.39 is 8.07 Å². The Bertz CT molecular complexity index is 990. The van der Waals surface area contributed by atoms with Crippen molar-refractivity contribution in [1.29, 1.82) is 0 Å². The summed E-state index contributed by atoms with van der Waals surface area (Å²) in [6.45, 7) is 7.41. The molecule has 3 aromatic rings. The second-order valence-electron chi connectivity index (χ2n) is 8.65. The zero-order chi connectivity index (χ0) is 19.6. The van der Waals surface area contributed by atoms with E-state index in [9.17, 15) is 0 Å². The van der Waals surface area contributed by atoms with Crippen molar-refractivity contribution >= 4 is 19.2 Å². The average molecular weight is 381 g/mol. The number of allylic oxidation sites excluding steroid dienone is 4. The third kappa shape index (κ3) is 3.81. The Kier molecular flexibility index (Phi) is 5.19. The van der Waals surface area contributed by atoms with Crippen molar-refractivity contribution in [2.45, 2.75) is 32.0 Å². The molecule has 140 valence electrons. The Morgan fingerprint density at radius 3 is 1.68 bits per heavy atom. The van der Waals surface area contributed by atoms with Crippen molar-refractivity contribution in [3.05, 3.63) is 119 Å². The number of rotatable bonds is 4. The van der Waals surface area contributed by atoms with Crippen LogP contribution in [0, 0.1) is 0 Å². The molecule has 1 aliphatic rings. The summed E-state index contributed by atoms with van der Waals surface area (Å²) >= 11 is 0. The Morgan fingerprint density at radius 2 is 1.14 bits per heavy atom. The monoisotopic (exact) mass is 380 g/mol. The molecule has 3 aromatic carbocycles. The summed E-state index contributed by atoms with van der Waals surface area (Å²) in [6.07, 6.45) is 3.64. The van der Waals surface area contributed by atoms with E-state index in [-0.39, 0.29) is 0 Å². The van der Waals surface area contributed by atoms with Gasteiger partial charge in [-0.1, -0.05) is 122 Å². The van der Waals surface area contributed by atoms with Crippen LogP contribution in [-0.4, -0.2) is 8.07 Å². The van der Waals surface area contributed by atoms with E-state index in [2.05, 4.69) is 117 Å². The topological polar surface area (TPSA) is 0 Å². The van der Waals surface area contributed by atoms with E-state index >= 15 is 0 Å². The second kappa shape index (κ2) is 7.77. The maximum absolute atomic E-state index is 2.52. The van der Waals surface area contributed by atoms with Gasteiger partial charge in [0.1, 0.15) is 0 Å². The molecular formula is C27H28Si. The summed E-state index contributed by atoms with van der Waals surface area (Å²) in [4.78, 5) is 0. The van der Waals surface area contributed by atoms with Crippen molar-refractivity contribution in [3.8, 4) is 0 Å². The second-order valence-corrected chi connectivity index (χ2v) is 13.8. The van der Waals surface area contributed by atoms with Crippen molar-refractivity contribution < 1.29 is 0 Å². The van der Waals surface area contributed by atoms with E-state index in [1.165, 1.54) is 27.8 Å². The predicted molar refractivity (Wildman–Crippen MR) is 125 cm³/mol. The van der Waals surface area contributed by atoms with Gasteiger partial charge < -0.3 is 0 Å². The quantitative estimate of drug-likeness (QED) is 0.409. The summed E-state index contributed by atoms with van der Waals surface area (Å²) in [7, 11) is -1.41. The third-order valence-corrected chi connectivity index (χ3v) is 7.99. The van der Waals surface area contributed by atoms with Crippen molar-refractivity contribution in [3.63, 3.8) is 0 Å². The predicted octanol–water partition coefficient (Wildman–Crippen LogP) is 7.59. The van der Waals surface area contributed by atoms with Crippen LogP contribution >= 0.6 is 0 Å². The Morgan fingerprint density at radius 1 is 0.643 bits per heavy atom. The zero-order valence-electron chi connectivity index (χ0n) is 17.0. The minimum Gasteiger partial charge on any atom is -0.0795 e. The van der Waals surface area contributed by atoms with Crippen LogP contribution in [0.4, 0.5) is 0 Å². The highest BCUT2D eigenvalue weighted by molar-refractivity contribution is 6.83. The first kappa shape index (κ1) is 18.7. The molecule has 1 heteroatoms. The van der Waals surface area contributed by atoms with Gasteiger partial charge in [-0.3, -0.25) is 0 Å². The van der Waals surface area contributed by atoms with Crippen LogP contribution in [0.3, 0.4) is 0 Å². The SMILES string of the molecule is C[Si](C)(C)C1=CC(c2ccccc2)=C(c2ccccc2)C(c2ccccc2)C1. The van der Waals surface area contributed by atoms with Gasteiger partial charge >= 0.3 is 0 Å². The number of hydrogen-bond acceptors (Lipinski definition) is 0. The first-order valence-electron chi connectivity index (χ1n) is 10.1. The van der Waals surface area contributed by atoms with Crippen molar-refractivity contribution in [1.82, 2.24) is 0 Å². The van der Waals surface area contributed by atoms with Gasteiger partial charge in [-0.25, -0.2) is 0 Å². The summed E-state index contributed by atoms with van der Waals surface area (Å²) in [5.41, 5.74) is 6.92. The molecule has 0 fully saturated rings. The van der Waals surface area contributed by atoms with Gasteiger partial charge in [0.15, 0.2) is 0 Å². The molecule has 0 nitrogen and oxygen atoms in total. The van der Waals surface area contributed by atoms with Gasteiger partial charge in [0, 0.05) is 5.92 Å². The minimum absolute atomic E-state index is 0.394. The molecule has 0 amide bonds. The van der Waals surface area contributed by atoms with Crippen LogP contribution in [0.2, 0.25) is 19.6 Å². The van der Waals surface area contributed by atoms with Gasteiger partial charge in [-0.2, -0.15) is 0 Å². The maximum atomic E-state index is 2.52. The highest BCUT2D eigenvalue weighted by atomic mass is 28.3. The normalized spacial score (nSPS) is 17.4.